The molecule has 0 unspecified atom stereocenters. The molecule has 1 aromatic rings. The second-order valence-electron chi connectivity index (χ2n) is 4.96. The zero-order valence-electron chi connectivity index (χ0n) is 12.4. The van der Waals surface area contributed by atoms with E-state index >= 15 is 0 Å². The van der Waals surface area contributed by atoms with Crippen LogP contribution in [0.4, 0.5) is 0 Å². The predicted octanol–water partition coefficient (Wildman–Crippen LogP) is -0.440. The van der Waals surface area contributed by atoms with E-state index in [0.717, 1.165) is 31.0 Å². The van der Waals surface area contributed by atoms with Crippen LogP contribution in [0.2, 0.25) is 0 Å². The highest BCUT2D eigenvalue weighted by atomic mass is 79.9. The minimum absolute atomic E-state index is 0. The van der Waals surface area contributed by atoms with Gasteiger partial charge in [-0.25, -0.2) is 4.79 Å². The van der Waals surface area contributed by atoms with Gasteiger partial charge in [0.1, 0.15) is 6.54 Å². The second-order valence-corrected chi connectivity index (χ2v) is 5.92. The first-order valence-electron chi connectivity index (χ1n) is 7.12. The highest BCUT2D eigenvalue weighted by molar-refractivity contribution is 8.12. The maximum atomic E-state index is 10.8. The maximum absolute atomic E-state index is 10.8. The summed E-state index contributed by atoms with van der Waals surface area (Å²) < 4.78 is 2.37. The Bertz CT molecular complexity index is 536. The predicted molar refractivity (Wildman–Crippen MR) is 87.1 cm³/mol. The van der Waals surface area contributed by atoms with Crippen molar-refractivity contribution >= 4 is 22.9 Å². The molecule has 1 fully saturated rings. The Morgan fingerprint density at radius 2 is 1.95 bits per heavy atom. The summed E-state index contributed by atoms with van der Waals surface area (Å²) in [6.45, 7) is 6.71. The molecule has 0 aliphatic carbocycles. The van der Waals surface area contributed by atoms with Crippen LogP contribution in [0.5, 0.6) is 0 Å². The Hall–Kier alpha value is -1.27. The minimum Gasteiger partial charge on any atom is -1.00 e. The Morgan fingerprint density at radius 1 is 1.32 bits per heavy atom. The Balaban J connectivity index is 0.00000242. The van der Waals surface area contributed by atoms with Crippen LogP contribution in [0.3, 0.4) is 0 Å². The van der Waals surface area contributed by atoms with E-state index in [0.29, 0.717) is 5.56 Å². The highest BCUT2D eigenvalue weighted by Gasteiger charge is 2.17. The number of nitrogens with one attached hydrogen (secondary N) is 1. The molecular formula is C16H21BrN2O2S. The first kappa shape index (κ1) is 18.8. The topological polar surface area (TPSA) is 52.3 Å². The monoisotopic (exact) mass is 384 g/mol. The molecule has 6 heteroatoms. The van der Waals surface area contributed by atoms with Gasteiger partial charge in [0.25, 0.3) is 0 Å². The van der Waals surface area contributed by atoms with Crippen LogP contribution in [0.1, 0.15) is 28.8 Å². The lowest BCUT2D eigenvalue weighted by Crippen LogP contribution is -3.00. The zero-order chi connectivity index (χ0) is 15.1. The van der Waals surface area contributed by atoms with Gasteiger partial charge in [-0.2, -0.15) is 0 Å². The number of rotatable bonds is 5. The second kappa shape index (κ2) is 9.69. The summed E-state index contributed by atoms with van der Waals surface area (Å²) in [4.78, 5) is 10.8. The molecule has 1 heterocycles. The molecule has 0 aromatic heterocycles. The molecule has 0 amide bonds. The molecule has 2 rings (SSSR count). The van der Waals surface area contributed by atoms with Crippen LogP contribution < -0.4 is 22.3 Å². The van der Waals surface area contributed by atoms with Crippen molar-refractivity contribution in [3.63, 3.8) is 0 Å². The number of thioether (sulfide) groups is 1. The summed E-state index contributed by atoms with van der Waals surface area (Å²) in [5.74, 6) is -0.0539. The Kier molecular flexibility index (Phi) is 8.27. The molecule has 2 N–H and O–H groups in total. The molecule has 1 aliphatic rings. The quantitative estimate of drug-likeness (QED) is 0.410. The summed E-state index contributed by atoms with van der Waals surface area (Å²) in [6.07, 6.45) is 4.35. The maximum Gasteiger partial charge on any atom is 0.335 e. The van der Waals surface area contributed by atoms with Gasteiger partial charge in [0.05, 0.1) is 18.7 Å². The number of carboxylic acid groups (broad SMARTS) is 1. The lowest BCUT2D eigenvalue weighted by Gasteiger charge is -2.07. The van der Waals surface area contributed by atoms with Crippen LogP contribution in [0.25, 0.3) is 0 Å². The number of hydrogen-bond donors (Lipinski definition) is 2. The van der Waals surface area contributed by atoms with Gasteiger partial charge >= 0.3 is 11.1 Å². The molecule has 0 bridgehead atoms. The number of carbonyl (C=O) groups is 1. The van der Waals surface area contributed by atoms with E-state index in [4.69, 9.17) is 5.11 Å². The average Bonchev–Trinajstić information content (AvgIpc) is 3.02. The van der Waals surface area contributed by atoms with E-state index in [1.807, 2.05) is 18.2 Å². The largest absolute Gasteiger partial charge is 1.00 e. The number of benzene rings is 1. The minimum atomic E-state index is -0.883. The summed E-state index contributed by atoms with van der Waals surface area (Å²) in [5, 5.41) is 13.5. The third-order valence-corrected chi connectivity index (χ3v) is 4.52. The van der Waals surface area contributed by atoms with Crippen LogP contribution >= 0.6 is 11.8 Å². The SMILES string of the molecule is C=CCNC(SCc1ccc(C(=O)O)cc1)=[N+]1CCCC1.[Br-]. The van der Waals surface area contributed by atoms with Gasteiger partial charge in [-0.15, -0.1) is 0 Å². The first-order valence-corrected chi connectivity index (χ1v) is 8.11. The van der Waals surface area contributed by atoms with E-state index in [9.17, 15) is 4.79 Å². The van der Waals surface area contributed by atoms with Crippen molar-refractivity contribution < 1.29 is 31.5 Å². The number of hydrogen-bond acceptors (Lipinski definition) is 2. The number of amidine groups is 1. The summed E-state index contributed by atoms with van der Waals surface area (Å²) in [6, 6.07) is 7.08. The Morgan fingerprint density at radius 3 is 2.50 bits per heavy atom. The number of halogens is 1. The van der Waals surface area contributed by atoms with Gasteiger partial charge < -0.3 is 22.1 Å². The molecule has 1 aromatic carbocycles. The molecule has 0 atom stereocenters. The van der Waals surface area contributed by atoms with Crippen molar-refractivity contribution in [2.75, 3.05) is 19.6 Å². The van der Waals surface area contributed by atoms with Crippen LogP contribution in [-0.4, -0.2) is 40.5 Å². The molecule has 1 saturated heterocycles. The third-order valence-electron chi connectivity index (χ3n) is 3.37. The van der Waals surface area contributed by atoms with E-state index in [-0.39, 0.29) is 17.0 Å². The van der Waals surface area contributed by atoms with Gasteiger partial charge in [0.15, 0.2) is 0 Å². The summed E-state index contributed by atoms with van der Waals surface area (Å²) in [5.41, 5.74) is 1.46. The smallest absolute Gasteiger partial charge is 0.335 e. The fourth-order valence-corrected chi connectivity index (χ4v) is 3.28. The van der Waals surface area contributed by atoms with E-state index in [1.54, 1.807) is 23.9 Å². The lowest BCUT2D eigenvalue weighted by atomic mass is 10.1. The van der Waals surface area contributed by atoms with Crippen molar-refractivity contribution in [3.8, 4) is 0 Å². The van der Waals surface area contributed by atoms with Crippen LogP contribution in [0.15, 0.2) is 36.9 Å². The molecule has 0 radical (unpaired) electrons. The fraction of sp³-hybridized carbons (Fsp3) is 0.375. The van der Waals surface area contributed by atoms with Crippen molar-refractivity contribution in [1.29, 1.82) is 0 Å². The number of carboxylic acids is 1. The molecule has 22 heavy (non-hydrogen) atoms. The Labute approximate surface area is 146 Å². The summed E-state index contributed by atoms with van der Waals surface area (Å²) in [7, 11) is 0. The van der Waals surface area contributed by atoms with Gasteiger partial charge in [0.2, 0.25) is 0 Å². The molecule has 1 aliphatic heterocycles. The molecule has 120 valence electrons. The van der Waals surface area contributed by atoms with Gasteiger partial charge in [0, 0.05) is 5.75 Å². The highest BCUT2D eigenvalue weighted by Crippen LogP contribution is 2.16. The van der Waals surface area contributed by atoms with E-state index in [2.05, 4.69) is 16.5 Å². The van der Waals surface area contributed by atoms with Crippen molar-refractivity contribution in [2.45, 2.75) is 18.6 Å². The molecule has 0 spiro atoms. The lowest BCUT2D eigenvalue weighted by molar-refractivity contribution is -0.505. The van der Waals surface area contributed by atoms with Crippen LogP contribution in [0, 0.1) is 0 Å². The number of nitrogens with zero attached hydrogens (tertiary/aromatic N) is 1. The van der Waals surface area contributed by atoms with E-state index < -0.39 is 5.97 Å². The number of aromatic carboxylic acids is 1. The van der Waals surface area contributed by atoms with Crippen molar-refractivity contribution in [2.24, 2.45) is 0 Å². The fourth-order valence-electron chi connectivity index (χ4n) is 2.23. The van der Waals surface area contributed by atoms with Gasteiger partial charge in [-0.1, -0.05) is 24.8 Å². The van der Waals surface area contributed by atoms with Gasteiger partial charge in [-0.3, -0.25) is 9.89 Å². The van der Waals surface area contributed by atoms with Crippen LogP contribution in [-0.2, 0) is 5.75 Å². The van der Waals surface area contributed by atoms with Crippen molar-refractivity contribution in [1.82, 2.24) is 5.32 Å². The zero-order valence-corrected chi connectivity index (χ0v) is 14.8. The summed E-state index contributed by atoms with van der Waals surface area (Å²) >= 11 is 1.76. The van der Waals surface area contributed by atoms with Gasteiger partial charge in [-0.05, 0) is 42.3 Å². The standard InChI is InChI=1S/C16H20N2O2S.BrH/c1-2-9-17-16(18-10-3-4-11-18)21-12-13-5-7-14(8-6-13)15(19)20;/h2,5-8H,1,3-4,9-12H2,(H,19,20);1H. The molecule has 0 saturated carbocycles. The molecular weight excluding hydrogens is 364 g/mol. The normalized spacial score (nSPS) is 13.4. The first-order chi connectivity index (χ1) is 10.2. The molecule has 4 nitrogen and oxygen atoms in total. The van der Waals surface area contributed by atoms with Crippen molar-refractivity contribution in [3.05, 3.63) is 48.0 Å². The third kappa shape index (κ3) is 5.50. The average molecular weight is 385 g/mol. The van der Waals surface area contributed by atoms with E-state index in [1.165, 1.54) is 18.0 Å².